The number of hydrogen-bond donors (Lipinski definition) is 1. The van der Waals surface area contributed by atoms with Crippen molar-refractivity contribution in [2.45, 2.75) is 71.3 Å². The monoisotopic (exact) mass is 369 g/mol. The lowest BCUT2D eigenvalue weighted by molar-refractivity contribution is -0.136. The van der Waals surface area contributed by atoms with Gasteiger partial charge < -0.3 is 10.2 Å². The van der Waals surface area contributed by atoms with Crippen LogP contribution in [0.5, 0.6) is 0 Å². The highest BCUT2D eigenvalue weighted by atomic mass is 16.2. The molecule has 6 heteroatoms. The fraction of sp³-hybridized carbons (Fsp3) is 0.667. The number of piperidine rings is 1. The molecular formula is C21H31N5O. The van der Waals surface area contributed by atoms with Crippen molar-refractivity contribution in [3.63, 3.8) is 0 Å². The van der Waals surface area contributed by atoms with Crippen molar-refractivity contribution in [2.24, 2.45) is 5.92 Å². The highest BCUT2D eigenvalue weighted by molar-refractivity contribution is 5.79. The summed E-state index contributed by atoms with van der Waals surface area (Å²) < 4.78 is 1.91. The van der Waals surface area contributed by atoms with Crippen molar-refractivity contribution in [1.82, 2.24) is 19.5 Å². The predicted octanol–water partition coefficient (Wildman–Crippen LogP) is 3.75. The standard InChI is InChI=1S/C21H31N5O/c1-14(2)18-13-20(26-19(23-18)12-15(3)24-26)22-17-8-10-25(11-9-17)21(27)16-6-4-5-7-16/h12-14,16-17,22H,4-11H2,1-3H3. The van der Waals surface area contributed by atoms with Gasteiger partial charge in [-0.05, 0) is 38.5 Å². The largest absolute Gasteiger partial charge is 0.367 e. The summed E-state index contributed by atoms with van der Waals surface area (Å²) in [6.45, 7) is 8.05. The van der Waals surface area contributed by atoms with Crippen molar-refractivity contribution >= 4 is 17.4 Å². The van der Waals surface area contributed by atoms with Gasteiger partial charge in [0, 0.05) is 42.9 Å². The second kappa shape index (κ2) is 7.49. The van der Waals surface area contributed by atoms with Crippen LogP contribution in [0.1, 0.15) is 69.7 Å². The molecule has 146 valence electrons. The summed E-state index contributed by atoms with van der Waals surface area (Å²) in [5.74, 6) is 2.06. The average molecular weight is 370 g/mol. The number of nitrogens with zero attached hydrogens (tertiary/aromatic N) is 4. The summed E-state index contributed by atoms with van der Waals surface area (Å²) in [5.41, 5.74) is 2.96. The van der Waals surface area contributed by atoms with Crippen LogP contribution < -0.4 is 5.32 Å². The number of hydrogen-bond acceptors (Lipinski definition) is 4. The van der Waals surface area contributed by atoms with Crippen molar-refractivity contribution in [3.8, 4) is 0 Å². The van der Waals surface area contributed by atoms with Crippen LogP contribution in [0, 0.1) is 12.8 Å². The highest BCUT2D eigenvalue weighted by Crippen LogP contribution is 2.28. The number of aryl methyl sites for hydroxylation is 1. The van der Waals surface area contributed by atoms with Gasteiger partial charge in [-0.2, -0.15) is 9.61 Å². The van der Waals surface area contributed by atoms with E-state index in [0.717, 1.165) is 61.6 Å². The Morgan fingerprint density at radius 3 is 2.52 bits per heavy atom. The summed E-state index contributed by atoms with van der Waals surface area (Å²) in [6, 6.07) is 4.52. The predicted molar refractivity (Wildman–Crippen MR) is 107 cm³/mol. The molecule has 0 bridgehead atoms. The van der Waals surface area contributed by atoms with E-state index in [4.69, 9.17) is 4.98 Å². The highest BCUT2D eigenvalue weighted by Gasteiger charge is 2.30. The number of carbonyl (C=O) groups excluding carboxylic acids is 1. The Bertz CT molecular complexity index is 813. The van der Waals surface area contributed by atoms with E-state index in [1.165, 1.54) is 12.8 Å². The zero-order valence-corrected chi connectivity index (χ0v) is 16.7. The second-order valence-electron chi connectivity index (χ2n) is 8.50. The summed E-state index contributed by atoms with van der Waals surface area (Å²) in [7, 11) is 0. The van der Waals surface area contributed by atoms with Gasteiger partial charge in [-0.1, -0.05) is 26.7 Å². The fourth-order valence-corrected chi connectivity index (χ4v) is 4.39. The average Bonchev–Trinajstić information content (AvgIpc) is 3.30. The molecule has 2 fully saturated rings. The van der Waals surface area contributed by atoms with Gasteiger partial charge in [0.2, 0.25) is 5.91 Å². The molecule has 1 amide bonds. The quantitative estimate of drug-likeness (QED) is 0.891. The van der Waals surface area contributed by atoms with Crippen LogP contribution >= 0.6 is 0 Å². The Labute approximate surface area is 161 Å². The molecule has 2 aliphatic rings. The molecule has 0 unspecified atom stereocenters. The maximum absolute atomic E-state index is 12.6. The number of rotatable bonds is 4. The van der Waals surface area contributed by atoms with E-state index in [0.29, 0.717) is 17.9 Å². The molecule has 0 radical (unpaired) electrons. The first kappa shape index (κ1) is 18.3. The zero-order chi connectivity index (χ0) is 19.0. The molecule has 1 aliphatic carbocycles. The number of likely N-dealkylation sites (tertiary alicyclic amines) is 1. The minimum Gasteiger partial charge on any atom is -0.367 e. The number of anilines is 1. The molecule has 4 rings (SSSR count). The van der Waals surface area contributed by atoms with E-state index in [1.807, 2.05) is 17.5 Å². The first-order chi connectivity index (χ1) is 13.0. The van der Waals surface area contributed by atoms with E-state index in [2.05, 4.69) is 35.2 Å². The van der Waals surface area contributed by atoms with E-state index < -0.39 is 0 Å². The van der Waals surface area contributed by atoms with Gasteiger partial charge in [0.15, 0.2) is 5.65 Å². The minimum atomic E-state index is 0.287. The summed E-state index contributed by atoms with van der Waals surface area (Å²) >= 11 is 0. The van der Waals surface area contributed by atoms with Crippen molar-refractivity contribution in [2.75, 3.05) is 18.4 Å². The molecule has 1 aliphatic heterocycles. The van der Waals surface area contributed by atoms with Gasteiger partial charge in [0.1, 0.15) is 5.82 Å². The molecule has 0 aromatic carbocycles. The molecule has 1 saturated carbocycles. The third-order valence-corrected chi connectivity index (χ3v) is 6.02. The molecule has 1 saturated heterocycles. The SMILES string of the molecule is Cc1cc2nc(C(C)C)cc(NC3CCN(C(=O)C4CCCC4)CC3)n2n1. The first-order valence-electron chi connectivity index (χ1n) is 10.4. The number of fused-ring (bicyclic) bond motifs is 1. The van der Waals surface area contributed by atoms with Crippen molar-refractivity contribution in [3.05, 3.63) is 23.5 Å². The normalized spacial score (nSPS) is 19.3. The van der Waals surface area contributed by atoms with Crippen LogP contribution in [0.2, 0.25) is 0 Å². The molecule has 3 heterocycles. The van der Waals surface area contributed by atoms with Gasteiger partial charge in [0.25, 0.3) is 0 Å². The topological polar surface area (TPSA) is 62.5 Å². The Balaban J connectivity index is 1.45. The van der Waals surface area contributed by atoms with E-state index in [-0.39, 0.29) is 5.92 Å². The molecule has 27 heavy (non-hydrogen) atoms. The Kier molecular flexibility index (Phi) is 5.06. The van der Waals surface area contributed by atoms with Crippen molar-refractivity contribution in [1.29, 1.82) is 0 Å². The molecule has 0 spiro atoms. The lowest BCUT2D eigenvalue weighted by Gasteiger charge is -2.34. The van der Waals surface area contributed by atoms with Crippen LogP contribution in [0.25, 0.3) is 5.65 Å². The zero-order valence-electron chi connectivity index (χ0n) is 16.7. The minimum absolute atomic E-state index is 0.287. The van der Waals surface area contributed by atoms with Gasteiger partial charge in [-0.15, -0.1) is 0 Å². The Hall–Kier alpha value is -2.11. The van der Waals surface area contributed by atoms with E-state index >= 15 is 0 Å². The van der Waals surface area contributed by atoms with Crippen LogP contribution in [0.15, 0.2) is 12.1 Å². The lowest BCUT2D eigenvalue weighted by atomic mass is 10.0. The Morgan fingerprint density at radius 1 is 1.15 bits per heavy atom. The summed E-state index contributed by atoms with van der Waals surface area (Å²) in [5, 5.41) is 8.29. The van der Waals surface area contributed by atoms with Gasteiger partial charge in [-0.25, -0.2) is 4.98 Å². The van der Waals surface area contributed by atoms with E-state index in [9.17, 15) is 4.79 Å². The lowest BCUT2D eigenvalue weighted by Crippen LogP contribution is -2.44. The fourth-order valence-electron chi connectivity index (χ4n) is 4.39. The molecule has 1 N–H and O–H groups in total. The summed E-state index contributed by atoms with van der Waals surface area (Å²) in [6.07, 6.45) is 6.58. The van der Waals surface area contributed by atoms with Gasteiger partial charge >= 0.3 is 0 Å². The van der Waals surface area contributed by atoms with Gasteiger partial charge in [-0.3, -0.25) is 4.79 Å². The summed E-state index contributed by atoms with van der Waals surface area (Å²) in [4.78, 5) is 19.5. The maximum atomic E-state index is 12.6. The Morgan fingerprint density at radius 2 is 1.85 bits per heavy atom. The number of carbonyl (C=O) groups is 1. The number of aromatic nitrogens is 3. The van der Waals surface area contributed by atoms with Crippen LogP contribution in [0.3, 0.4) is 0 Å². The van der Waals surface area contributed by atoms with Crippen molar-refractivity contribution < 1.29 is 4.79 Å². The van der Waals surface area contributed by atoms with Gasteiger partial charge in [0.05, 0.1) is 5.69 Å². The van der Waals surface area contributed by atoms with E-state index in [1.54, 1.807) is 0 Å². The number of nitrogens with one attached hydrogen (secondary N) is 1. The molecule has 2 aromatic heterocycles. The smallest absolute Gasteiger partial charge is 0.225 e. The third-order valence-electron chi connectivity index (χ3n) is 6.02. The van der Waals surface area contributed by atoms with Crippen LogP contribution in [-0.2, 0) is 4.79 Å². The second-order valence-corrected chi connectivity index (χ2v) is 8.50. The van der Waals surface area contributed by atoms with Crippen LogP contribution in [0.4, 0.5) is 5.82 Å². The molecule has 6 nitrogen and oxygen atoms in total. The molecule has 2 aromatic rings. The molecule has 0 atom stereocenters. The number of amides is 1. The maximum Gasteiger partial charge on any atom is 0.225 e. The molecular weight excluding hydrogens is 338 g/mol. The third kappa shape index (κ3) is 3.80. The first-order valence-corrected chi connectivity index (χ1v) is 10.4. The van der Waals surface area contributed by atoms with Crippen LogP contribution in [-0.4, -0.2) is 44.5 Å².